The number of nitrogens with zero attached hydrogens (tertiary/aromatic N) is 3. The summed E-state index contributed by atoms with van der Waals surface area (Å²) in [4.78, 5) is 21.0. The molecule has 1 aliphatic heterocycles. The van der Waals surface area contributed by atoms with Gasteiger partial charge in [-0.15, -0.1) is 5.69 Å². The Bertz CT molecular complexity index is 1980. The van der Waals surface area contributed by atoms with Gasteiger partial charge in [-0.1, -0.05) is 61.1 Å². The Labute approximate surface area is 318 Å². The number of carbonyl (C=O) groups is 1. The van der Waals surface area contributed by atoms with Crippen LogP contribution in [0.15, 0.2) is 97.1 Å². The fourth-order valence-corrected chi connectivity index (χ4v) is 6.68. The van der Waals surface area contributed by atoms with E-state index in [9.17, 15) is 9.90 Å². The first kappa shape index (κ1) is 38.9. The van der Waals surface area contributed by atoms with Gasteiger partial charge in [0.15, 0.2) is 11.5 Å². The average molecular weight is 855 g/mol. The van der Waals surface area contributed by atoms with Crippen molar-refractivity contribution in [1.82, 2.24) is 0 Å². The monoisotopic (exact) mass is 854 g/mol. The van der Waals surface area contributed by atoms with Gasteiger partial charge in [-0.3, -0.25) is 4.79 Å². The van der Waals surface area contributed by atoms with E-state index in [0.29, 0.717) is 11.3 Å². The van der Waals surface area contributed by atoms with E-state index in [0.717, 1.165) is 67.9 Å². The molecule has 6 rings (SSSR count). The predicted octanol–water partition coefficient (Wildman–Crippen LogP) is 11.2. The first-order valence-electron chi connectivity index (χ1n) is 16.9. The molecule has 0 radical (unpaired) electrons. The van der Waals surface area contributed by atoms with Crippen LogP contribution in [-0.4, -0.2) is 17.4 Å². The maximum Gasteiger partial charge on any atom is 2.00 e. The third-order valence-electron chi connectivity index (χ3n) is 9.92. The van der Waals surface area contributed by atoms with Gasteiger partial charge in [-0.25, -0.2) is 11.4 Å². The van der Waals surface area contributed by atoms with Crippen molar-refractivity contribution in [3.63, 3.8) is 0 Å². The Hall–Kier alpha value is -4.91. The van der Waals surface area contributed by atoms with Crippen LogP contribution in [0.1, 0.15) is 72.2 Å². The number of aliphatic hydroxyl groups excluding tert-OH is 1. The van der Waals surface area contributed by atoms with E-state index in [2.05, 4.69) is 69.7 Å². The Kier molecular flexibility index (Phi) is 12.9. The number of benzene rings is 5. The first-order valence-corrected chi connectivity index (χ1v) is 16.9. The molecule has 5 aromatic carbocycles. The minimum absolute atomic E-state index is 0. The van der Waals surface area contributed by atoms with Crippen molar-refractivity contribution < 1.29 is 31.0 Å². The quantitative estimate of drug-likeness (QED) is 0.0800. The number of aliphatic hydroxyl groups is 1. The summed E-state index contributed by atoms with van der Waals surface area (Å²) in [7, 11) is 0. The number of carbonyl (C=O) groups excluding carboxylic acids is 1. The van der Waals surface area contributed by atoms with Gasteiger partial charge >= 0.3 is 21.1 Å². The van der Waals surface area contributed by atoms with Gasteiger partial charge in [0.05, 0.1) is 12.7 Å². The Morgan fingerprint density at radius 3 is 1.82 bits per heavy atom. The zero-order valence-corrected chi connectivity index (χ0v) is 32.9. The van der Waals surface area contributed by atoms with Crippen molar-refractivity contribution in [2.75, 3.05) is 16.3 Å². The number of hydrogen-bond acceptors (Lipinski definition) is 4. The molecule has 1 N–H and O–H groups in total. The molecule has 0 saturated carbocycles. The van der Waals surface area contributed by atoms with Gasteiger partial charge in [0.25, 0.3) is 0 Å². The smallest absolute Gasteiger partial charge is 0.519 e. The largest absolute Gasteiger partial charge is 2.00 e. The first-order chi connectivity index (χ1) is 23.9. The predicted molar refractivity (Wildman–Crippen MR) is 207 cm³/mol. The molecule has 5 nitrogen and oxygen atoms in total. The maximum absolute atomic E-state index is 12.9. The van der Waals surface area contributed by atoms with E-state index < -0.39 is 0 Å². The summed E-state index contributed by atoms with van der Waals surface area (Å²) in [5.74, 6) is -0.0954. The van der Waals surface area contributed by atoms with Crippen LogP contribution in [0.4, 0.5) is 17.1 Å². The number of allylic oxidation sites excluding steroid dienone is 1. The van der Waals surface area contributed by atoms with E-state index in [1.807, 2.05) is 104 Å². The molecule has 1 heterocycles. The summed E-state index contributed by atoms with van der Waals surface area (Å²) >= 11 is 0. The number of rotatable bonds is 6. The molecule has 262 valence electrons. The topological polar surface area (TPSA) is 48.1 Å². The molecular formula is C45H45N3O2Pt. The van der Waals surface area contributed by atoms with Crippen LogP contribution in [-0.2, 0) is 21.1 Å². The number of anilines is 2. The summed E-state index contributed by atoms with van der Waals surface area (Å²) in [6, 6.07) is 33.8. The minimum atomic E-state index is -0.141. The molecule has 5 aromatic rings. The molecule has 1 unspecified atom stereocenters. The fraction of sp³-hybridized carbons (Fsp3) is 0.222. The van der Waals surface area contributed by atoms with Gasteiger partial charge in [0, 0.05) is 22.9 Å². The Morgan fingerprint density at radius 1 is 0.784 bits per heavy atom. The normalized spacial score (nSPS) is 13.9. The third-order valence-corrected chi connectivity index (χ3v) is 9.92. The van der Waals surface area contributed by atoms with E-state index in [1.165, 1.54) is 11.8 Å². The van der Waals surface area contributed by atoms with Crippen molar-refractivity contribution >= 4 is 28.6 Å². The van der Waals surface area contributed by atoms with Gasteiger partial charge in [0.1, 0.15) is 5.76 Å². The van der Waals surface area contributed by atoms with Gasteiger partial charge in [0.2, 0.25) is 0 Å². The molecule has 0 spiro atoms. The molecule has 1 atom stereocenters. The van der Waals surface area contributed by atoms with E-state index >= 15 is 0 Å². The zero-order valence-electron chi connectivity index (χ0n) is 30.6. The van der Waals surface area contributed by atoms with Crippen molar-refractivity contribution in [2.45, 2.75) is 61.6 Å². The van der Waals surface area contributed by atoms with Crippen LogP contribution in [0.25, 0.3) is 10.6 Å². The SMILES string of the molecule is Cc1cc(C)c(C)c(C(=O)/C=C(\O)c2c(C)c(C)cc(C)c2C)c1C.[C-]#[N+]c1ccc(C2N(c3[c-]cccc3)[CH-]CN2c2ccccc2)cc1.[Pt+2]. The minimum Gasteiger partial charge on any atom is -0.519 e. The maximum atomic E-state index is 12.9. The van der Waals surface area contributed by atoms with Crippen LogP contribution in [0.3, 0.4) is 0 Å². The fourth-order valence-electron chi connectivity index (χ4n) is 6.68. The Morgan fingerprint density at radius 2 is 1.31 bits per heavy atom. The number of ketones is 1. The molecule has 0 amide bonds. The van der Waals surface area contributed by atoms with Gasteiger partial charge in [-0.05, 0) is 118 Å². The van der Waals surface area contributed by atoms with Gasteiger partial charge < -0.3 is 14.9 Å². The number of aryl methyl sites for hydroxylation is 4. The van der Waals surface area contributed by atoms with E-state index in [4.69, 9.17) is 6.57 Å². The van der Waals surface area contributed by atoms with Crippen molar-refractivity contribution in [3.8, 4) is 0 Å². The molecule has 1 aliphatic rings. The standard InChI is InChI=1S/C23H28O2.C22H17N3.Pt/c1-12-9-13(2)17(6)22(16(12)5)20(24)11-21(25)23-18(7)14(3)10-15(4)19(23)8;1-23-19-14-12-18(13-15-19)22-24(20-8-4-2-5-9-20)16-17-25(22)21-10-6-3-7-11-21;/h9-11,24H,1-8H3;2-10,12-15,17,22H,16H2;/q;-2;+2/b20-11-;;. The summed E-state index contributed by atoms with van der Waals surface area (Å²) in [5.41, 5.74) is 13.9. The van der Waals surface area contributed by atoms with Crippen molar-refractivity contribution in [2.24, 2.45) is 0 Å². The molecule has 6 heteroatoms. The van der Waals surface area contributed by atoms with Crippen LogP contribution < -0.4 is 9.80 Å². The second kappa shape index (κ2) is 16.9. The molecule has 51 heavy (non-hydrogen) atoms. The molecule has 0 bridgehead atoms. The van der Waals surface area contributed by atoms with E-state index in [1.54, 1.807) is 0 Å². The average Bonchev–Trinajstić information content (AvgIpc) is 3.57. The Balaban J connectivity index is 0.000000224. The summed E-state index contributed by atoms with van der Waals surface area (Å²) in [6.07, 6.45) is 1.42. The van der Waals surface area contributed by atoms with Crippen LogP contribution in [0, 0.1) is 74.6 Å². The summed E-state index contributed by atoms with van der Waals surface area (Å²) < 4.78 is 0. The zero-order chi connectivity index (χ0) is 36.1. The summed E-state index contributed by atoms with van der Waals surface area (Å²) in [6.45, 7) is 26.2. The van der Waals surface area contributed by atoms with Crippen molar-refractivity contribution in [1.29, 1.82) is 0 Å². The van der Waals surface area contributed by atoms with Crippen LogP contribution in [0.2, 0.25) is 0 Å². The summed E-state index contributed by atoms with van der Waals surface area (Å²) in [5, 5.41) is 10.7. The second-order valence-corrected chi connectivity index (χ2v) is 13.1. The molecule has 1 saturated heterocycles. The number of hydrogen-bond donors (Lipinski definition) is 1. The van der Waals surface area contributed by atoms with Crippen molar-refractivity contribution in [3.05, 3.63) is 182 Å². The second-order valence-electron chi connectivity index (χ2n) is 13.1. The molecule has 0 aliphatic carbocycles. The van der Waals surface area contributed by atoms with Crippen LogP contribution in [0.5, 0.6) is 0 Å². The molecule has 0 aromatic heterocycles. The number of para-hydroxylation sites is 2. The van der Waals surface area contributed by atoms with Gasteiger partial charge in [-0.2, -0.15) is 30.3 Å². The van der Waals surface area contributed by atoms with E-state index in [-0.39, 0.29) is 38.8 Å². The third kappa shape index (κ3) is 8.36. The van der Waals surface area contributed by atoms with Crippen LogP contribution >= 0.6 is 0 Å². The molecular weight excluding hydrogens is 810 g/mol. The molecule has 1 fully saturated rings.